The third-order valence-electron chi connectivity index (χ3n) is 5.90. The van der Waals surface area contributed by atoms with Crippen molar-refractivity contribution in [3.05, 3.63) is 90.2 Å². The number of para-hydroxylation sites is 2. The lowest BCUT2D eigenvalue weighted by Crippen LogP contribution is -2.44. The van der Waals surface area contributed by atoms with Gasteiger partial charge in [-0.05, 0) is 54.8 Å². The monoisotopic (exact) mass is 495 g/mol. The third-order valence-corrected chi connectivity index (χ3v) is 7.28. The Bertz CT molecular complexity index is 1300. The topological polar surface area (TPSA) is 95.6 Å². The molecule has 7 nitrogen and oxygen atoms in total. The largest absolute Gasteiger partial charge is 0.342 e. The van der Waals surface area contributed by atoms with Crippen LogP contribution in [-0.2, 0) is 26.0 Å². The summed E-state index contributed by atoms with van der Waals surface area (Å²) in [5.74, 6) is -1.26. The highest BCUT2D eigenvalue weighted by Crippen LogP contribution is 2.26. The van der Waals surface area contributed by atoms with Crippen LogP contribution in [0.25, 0.3) is 0 Å². The maximum absolute atomic E-state index is 13.2. The Labute approximate surface area is 204 Å². The van der Waals surface area contributed by atoms with Crippen molar-refractivity contribution in [2.75, 3.05) is 23.1 Å². The number of carbonyl (C=O) groups is 2. The number of anilines is 2. The number of sulfonamides is 1. The molecule has 0 saturated carbocycles. The highest BCUT2D eigenvalue weighted by atomic mass is 32.2. The first-order valence-corrected chi connectivity index (χ1v) is 12.8. The van der Waals surface area contributed by atoms with Gasteiger partial charge < -0.3 is 10.2 Å². The number of likely N-dealkylation sites (tertiary alicyclic amines) is 1. The average molecular weight is 496 g/mol. The van der Waals surface area contributed by atoms with Crippen LogP contribution in [-0.4, -0.2) is 38.2 Å². The van der Waals surface area contributed by atoms with Crippen LogP contribution in [0.15, 0.2) is 83.8 Å². The molecule has 0 aliphatic carbocycles. The molecule has 3 aromatic rings. The van der Waals surface area contributed by atoms with Gasteiger partial charge in [0.1, 0.15) is 5.82 Å². The SMILES string of the molecule is O=C(Nc1ccccc1NS(=O)(=O)c1ccc(F)cc1)C1CCCN(C(=O)Cc2ccccc2)C1. The molecular weight excluding hydrogens is 469 g/mol. The zero-order valence-corrected chi connectivity index (χ0v) is 19.8. The summed E-state index contributed by atoms with van der Waals surface area (Å²) in [6.45, 7) is 0.907. The number of halogens is 1. The molecule has 0 bridgehead atoms. The van der Waals surface area contributed by atoms with Gasteiger partial charge in [0.05, 0.1) is 28.6 Å². The van der Waals surface area contributed by atoms with Crippen molar-refractivity contribution in [1.29, 1.82) is 0 Å². The van der Waals surface area contributed by atoms with E-state index in [9.17, 15) is 22.4 Å². The van der Waals surface area contributed by atoms with Crippen LogP contribution in [0.2, 0.25) is 0 Å². The average Bonchev–Trinajstić information content (AvgIpc) is 2.86. The number of benzene rings is 3. The van der Waals surface area contributed by atoms with Gasteiger partial charge in [-0.2, -0.15) is 0 Å². The lowest BCUT2D eigenvalue weighted by molar-refractivity contribution is -0.133. The highest BCUT2D eigenvalue weighted by molar-refractivity contribution is 7.92. The Kier molecular flexibility index (Phi) is 7.45. The number of hydrogen-bond donors (Lipinski definition) is 2. The fourth-order valence-electron chi connectivity index (χ4n) is 4.03. The van der Waals surface area contributed by atoms with E-state index in [1.54, 1.807) is 23.1 Å². The molecule has 0 spiro atoms. The predicted octanol–water partition coefficient (Wildman–Crippen LogP) is 4.05. The van der Waals surface area contributed by atoms with E-state index in [4.69, 9.17) is 0 Å². The minimum absolute atomic E-state index is 0.0267. The molecule has 0 radical (unpaired) electrons. The van der Waals surface area contributed by atoms with E-state index in [-0.39, 0.29) is 28.8 Å². The van der Waals surface area contributed by atoms with Crippen molar-refractivity contribution in [3.63, 3.8) is 0 Å². The molecule has 9 heteroatoms. The maximum Gasteiger partial charge on any atom is 0.261 e. The summed E-state index contributed by atoms with van der Waals surface area (Å²) < 4.78 is 41.1. The van der Waals surface area contributed by atoms with Gasteiger partial charge in [-0.3, -0.25) is 14.3 Å². The van der Waals surface area contributed by atoms with Gasteiger partial charge in [0.15, 0.2) is 0 Å². The van der Waals surface area contributed by atoms with Crippen LogP contribution >= 0.6 is 0 Å². The van der Waals surface area contributed by atoms with E-state index in [2.05, 4.69) is 10.0 Å². The smallest absolute Gasteiger partial charge is 0.261 e. The van der Waals surface area contributed by atoms with Crippen LogP contribution in [0.5, 0.6) is 0 Å². The molecule has 4 rings (SSSR count). The molecule has 0 aromatic heterocycles. The van der Waals surface area contributed by atoms with Crippen LogP contribution in [0.1, 0.15) is 18.4 Å². The van der Waals surface area contributed by atoms with Crippen LogP contribution in [0, 0.1) is 11.7 Å². The van der Waals surface area contributed by atoms with E-state index < -0.39 is 21.8 Å². The molecule has 1 aliphatic heterocycles. The van der Waals surface area contributed by atoms with Gasteiger partial charge >= 0.3 is 0 Å². The Balaban J connectivity index is 1.42. The molecule has 1 atom stereocenters. The second-order valence-corrected chi connectivity index (χ2v) is 10.1. The van der Waals surface area contributed by atoms with Gasteiger partial charge in [-0.25, -0.2) is 12.8 Å². The van der Waals surface area contributed by atoms with E-state index in [1.165, 1.54) is 18.2 Å². The summed E-state index contributed by atoms with van der Waals surface area (Å²) in [4.78, 5) is 27.4. The van der Waals surface area contributed by atoms with Crippen LogP contribution in [0.3, 0.4) is 0 Å². The van der Waals surface area contributed by atoms with Crippen molar-refractivity contribution in [2.24, 2.45) is 5.92 Å². The molecule has 1 aliphatic rings. The summed E-state index contributed by atoms with van der Waals surface area (Å²) in [7, 11) is -3.98. The highest BCUT2D eigenvalue weighted by Gasteiger charge is 2.29. The summed E-state index contributed by atoms with van der Waals surface area (Å²) >= 11 is 0. The molecule has 3 aromatic carbocycles. The molecule has 35 heavy (non-hydrogen) atoms. The van der Waals surface area contributed by atoms with Crippen molar-refractivity contribution in [3.8, 4) is 0 Å². The number of amides is 2. The Morgan fingerprint density at radius 1 is 0.914 bits per heavy atom. The first-order chi connectivity index (χ1) is 16.8. The summed E-state index contributed by atoms with van der Waals surface area (Å²) in [6, 6.07) is 20.4. The normalized spacial score (nSPS) is 15.9. The Hall–Kier alpha value is -3.72. The van der Waals surface area contributed by atoms with Crippen molar-refractivity contribution >= 4 is 33.2 Å². The van der Waals surface area contributed by atoms with Gasteiger partial charge in [0.2, 0.25) is 11.8 Å². The third kappa shape index (κ3) is 6.24. The molecule has 1 saturated heterocycles. The van der Waals surface area contributed by atoms with Gasteiger partial charge in [0, 0.05) is 13.1 Å². The van der Waals surface area contributed by atoms with Crippen molar-refractivity contribution in [2.45, 2.75) is 24.2 Å². The quantitative estimate of drug-likeness (QED) is 0.517. The minimum Gasteiger partial charge on any atom is -0.342 e. The summed E-state index contributed by atoms with van der Waals surface area (Å²) in [5, 5.41) is 2.81. The molecule has 1 fully saturated rings. The van der Waals surface area contributed by atoms with Crippen LogP contribution in [0.4, 0.5) is 15.8 Å². The fourth-order valence-corrected chi connectivity index (χ4v) is 5.11. The molecule has 1 unspecified atom stereocenters. The minimum atomic E-state index is -3.98. The number of nitrogens with zero attached hydrogens (tertiary/aromatic N) is 1. The Morgan fingerprint density at radius 3 is 2.29 bits per heavy atom. The lowest BCUT2D eigenvalue weighted by atomic mass is 9.96. The van der Waals surface area contributed by atoms with Crippen molar-refractivity contribution < 1.29 is 22.4 Å². The first-order valence-electron chi connectivity index (χ1n) is 11.3. The first kappa shape index (κ1) is 24.4. The molecular formula is C26H26FN3O4S. The zero-order chi connectivity index (χ0) is 24.8. The van der Waals surface area contributed by atoms with Crippen molar-refractivity contribution in [1.82, 2.24) is 4.90 Å². The maximum atomic E-state index is 13.2. The second-order valence-electron chi connectivity index (χ2n) is 8.44. The molecule has 182 valence electrons. The number of hydrogen-bond acceptors (Lipinski definition) is 4. The van der Waals surface area contributed by atoms with E-state index >= 15 is 0 Å². The van der Waals surface area contributed by atoms with E-state index in [0.29, 0.717) is 31.6 Å². The predicted molar refractivity (Wildman–Crippen MR) is 132 cm³/mol. The van der Waals surface area contributed by atoms with Gasteiger partial charge in [-0.1, -0.05) is 42.5 Å². The molecule has 2 amide bonds. The zero-order valence-electron chi connectivity index (χ0n) is 19.0. The standard InChI is InChI=1S/C26H26FN3O4S/c27-21-12-14-22(15-13-21)35(33,34)29-24-11-5-4-10-23(24)28-26(32)20-9-6-16-30(18-20)25(31)17-19-7-2-1-3-8-19/h1-5,7-8,10-15,20,29H,6,9,16-18H2,(H,28,32). The van der Waals surface area contributed by atoms with E-state index in [0.717, 1.165) is 17.7 Å². The summed E-state index contributed by atoms with van der Waals surface area (Å²) in [5.41, 5.74) is 1.42. The van der Waals surface area contributed by atoms with Crippen LogP contribution < -0.4 is 10.0 Å². The second kappa shape index (κ2) is 10.7. The van der Waals surface area contributed by atoms with E-state index in [1.807, 2.05) is 30.3 Å². The molecule has 1 heterocycles. The summed E-state index contributed by atoms with van der Waals surface area (Å²) in [6.07, 6.45) is 1.62. The lowest BCUT2D eigenvalue weighted by Gasteiger charge is -2.32. The van der Waals surface area contributed by atoms with Gasteiger partial charge in [-0.15, -0.1) is 0 Å². The van der Waals surface area contributed by atoms with Gasteiger partial charge in [0.25, 0.3) is 10.0 Å². The Morgan fingerprint density at radius 2 is 1.57 bits per heavy atom. The number of nitrogens with one attached hydrogen (secondary N) is 2. The number of piperidine rings is 1. The number of rotatable bonds is 7. The fraction of sp³-hybridized carbons (Fsp3) is 0.231. The molecule has 2 N–H and O–H groups in total. The number of carbonyl (C=O) groups excluding carboxylic acids is 2.